The number of hydrogen-bond donors (Lipinski definition) is 0. The first-order valence-electron chi connectivity index (χ1n) is 9.74. The number of rotatable bonds is 9. The number of aryl methyl sites for hydroxylation is 1. The number of nitrogens with zero attached hydrogens (tertiary/aromatic N) is 3. The Morgan fingerprint density at radius 2 is 2.14 bits per heavy atom. The molecule has 8 heteroatoms. The molecular formula is C20H27N3O3S2. The minimum atomic E-state index is -0.530. The number of ether oxygens (including phenoxy) is 1. The summed E-state index contributed by atoms with van der Waals surface area (Å²) in [4.78, 5) is 37.1. The average molecular weight is 422 g/mol. The second-order valence-corrected chi connectivity index (χ2v) is 9.01. The Kier molecular flexibility index (Phi) is 7.40. The summed E-state index contributed by atoms with van der Waals surface area (Å²) < 4.78 is 5.36. The maximum absolute atomic E-state index is 12.7. The Morgan fingerprint density at radius 1 is 1.36 bits per heavy atom. The highest BCUT2D eigenvalue weighted by Gasteiger charge is 2.28. The molecule has 1 aliphatic carbocycles. The van der Waals surface area contributed by atoms with Crippen molar-refractivity contribution in [3.8, 4) is 0 Å². The smallest absolute Gasteiger partial charge is 0.343 e. The fraction of sp³-hybridized carbons (Fsp3) is 0.600. The van der Waals surface area contributed by atoms with Crippen LogP contribution < -0.4 is 0 Å². The van der Waals surface area contributed by atoms with Gasteiger partial charge in [0.05, 0.1) is 5.69 Å². The minimum Gasteiger partial charge on any atom is -0.452 e. The van der Waals surface area contributed by atoms with Crippen LogP contribution in [0.5, 0.6) is 0 Å². The summed E-state index contributed by atoms with van der Waals surface area (Å²) in [6, 6.07) is 0. The van der Waals surface area contributed by atoms with Gasteiger partial charge in [-0.2, -0.15) is 0 Å². The fourth-order valence-electron chi connectivity index (χ4n) is 3.10. The molecule has 1 aliphatic heterocycles. The molecule has 0 aromatic carbocycles. The Balaban J connectivity index is 1.68. The van der Waals surface area contributed by atoms with Gasteiger partial charge in [0.1, 0.15) is 10.6 Å². The van der Waals surface area contributed by atoms with Crippen molar-refractivity contribution in [2.45, 2.75) is 44.6 Å². The molecule has 3 rings (SSSR count). The summed E-state index contributed by atoms with van der Waals surface area (Å²) in [5.74, 6) is 1.65. The van der Waals surface area contributed by atoms with Crippen molar-refractivity contribution < 1.29 is 14.3 Å². The van der Waals surface area contributed by atoms with Crippen molar-refractivity contribution in [2.24, 2.45) is 5.92 Å². The van der Waals surface area contributed by atoms with Gasteiger partial charge in [-0.25, -0.2) is 14.8 Å². The van der Waals surface area contributed by atoms with Crippen molar-refractivity contribution in [1.82, 2.24) is 14.9 Å². The van der Waals surface area contributed by atoms with Crippen LogP contribution in [0.3, 0.4) is 0 Å². The maximum Gasteiger partial charge on any atom is 0.343 e. The summed E-state index contributed by atoms with van der Waals surface area (Å²) in [6.45, 7) is 5.07. The van der Waals surface area contributed by atoms with E-state index in [1.54, 1.807) is 18.7 Å². The van der Waals surface area contributed by atoms with E-state index in [-0.39, 0.29) is 12.5 Å². The minimum absolute atomic E-state index is 0.129. The first kappa shape index (κ1) is 21.2. The van der Waals surface area contributed by atoms with E-state index in [1.165, 1.54) is 24.6 Å². The van der Waals surface area contributed by atoms with Gasteiger partial charge in [0, 0.05) is 23.7 Å². The van der Waals surface area contributed by atoms with Crippen molar-refractivity contribution in [3.63, 3.8) is 0 Å². The number of carbonyl (C=O) groups is 2. The largest absolute Gasteiger partial charge is 0.452 e. The molecule has 1 fully saturated rings. The molecule has 1 amide bonds. The molecule has 2 heterocycles. The summed E-state index contributed by atoms with van der Waals surface area (Å²) >= 11 is 3.12. The molecule has 0 bridgehead atoms. The Labute approximate surface area is 174 Å². The second-order valence-electron chi connectivity index (χ2n) is 7.08. The molecule has 1 aromatic heterocycles. The quantitative estimate of drug-likeness (QED) is 0.341. The van der Waals surface area contributed by atoms with Crippen LogP contribution in [0.1, 0.15) is 54.5 Å². The van der Waals surface area contributed by atoms with Gasteiger partial charge in [-0.15, -0.1) is 23.5 Å². The van der Waals surface area contributed by atoms with E-state index in [1.807, 2.05) is 18.1 Å². The van der Waals surface area contributed by atoms with Crippen LogP contribution in [-0.4, -0.2) is 58.4 Å². The summed E-state index contributed by atoms with van der Waals surface area (Å²) in [5, 5.41) is 0.594. The first-order valence-corrected chi connectivity index (χ1v) is 11.9. The highest BCUT2D eigenvalue weighted by Crippen LogP contribution is 2.34. The van der Waals surface area contributed by atoms with Gasteiger partial charge in [-0.1, -0.05) is 13.0 Å². The molecule has 0 atom stereocenters. The predicted molar refractivity (Wildman–Crippen MR) is 113 cm³/mol. The highest BCUT2D eigenvalue weighted by atomic mass is 32.2. The lowest BCUT2D eigenvalue weighted by Crippen LogP contribution is -2.37. The lowest BCUT2D eigenvalue weighted by atomic mass is 10.2. The zero-order chi connectivity index (χ0) is 20.1. The molecule has 0 saturated heterocycles. The molecule has 0 unspecified atom stereocenters. The van der Waals surface area contributed by atoms with Gasteiger partial charge >= 0.3 is 5.97 Å². The van der Waals surface area contributed by atoms with E-state index in [9.17, 15) is 9.59 Å². The van der Waals surface area contributed by atoms with E-state index in [4.69, 9.17) is 4.74 Å². The van der Waals surface area contributed by atoms with Crippen LogP contribution in [0.2, 0.25) is 0 Å². The summed E-state index contributed by atoms with van der Waals surface area (Å²) in [7, 11) is 0. The van der Waals surface area contributed by atoms with E-state index >= 15 is 0 Å². The third-order valence-corrected chi connectivity index (χ3v) is 6.51. The Bertz CT molecular complexity index is 778. The third-order valence-electron chi connectivity index (χ3n) is 4.73. The van der Waals surface area contributed by atoms with Crippen LogP contribution in [0.15, 0.2) is 11.1 Å². The van der Waals surface area contributed by atoms with Crippen LogP contribution in [0.25, 0.3) is 4.91 Å². The number of thioether (sulfide) groups is 2. The van der Waals surface area contributed by atoms with Crippen molar-refractivity contribution in [3.05, 3.63) is 23.2 Å². The van der Waals surface area contributed by atoms with E-state index < -0.39 is 5.97 Å². The molecule has 28 heavy (non-hydrogen) atoms. The lowest BCUT2D eigenvalue weighted by molar-refractivity contribution is -0.134. The molecule has 2 aliphatic rings. The first-order chi connectivity index (χ1) is 13.5. The van der Waals surface area contributed by atoms with E-state index in [0.29, 0.717) is 34.6 Å². The fourth-order valence-corrected chi connectivity index (χ4v) is 4.63. The average Bonchev–Trinajstić information content (AvgIpc) is 3.33. The van der Waals surface area contributed by atoms with Crippen LogP contribution in [0, 0.1) is 12.8 Å². The molecule has 152 valence electrons. The number of allylic oxidation sites excluding steroid dienone is 1. The van der Waals surface area contributed by atoms with Gasteiger partial charge in [0.15, 0.2) is 12.4 Å². The van der Waals surface area contributed by atoms with Crippen LogP contribution >= 0.6 is 23.5 Å². The maximum atomic E-state index is 12.7. The Morgan fingerprint density at radius 3 is 2.75 bits per heavy atom. The summed E-state index contributed by atoms with van der Waals surface area (Å²) in [5.41, 5.74) is 0.945. The number of hydrogen-bond acceptors (Lipinski definition) is 7. The zero-order valence-electron chi connectivity index (χ0n) is 16.7. The number of carbonyl (C=O) groups excluding carboxylic acids is 2. The molecule has 1 aromatic rings. The molecule has 0 spiro atoms. The van der Waals surface area contributed by atoms with E-state index in [0.717, 1.165) is 30.0 Å². The summed E-state index contributed by atoms with van der Waals surface area (Å²) in [6.07, 6.45) is 8.28. The predicted octanol–water partition coefficient (Wildman–Crippen LogP) is 3.79. The van der Waals surface area contributed by atoms with Gasteiger partial charge in [-0.3, -0.25) is 4.79 Å². The molecule has 0 radical (unpaired) electrons. The molecular weight excluding hydrogens is 394 g/mol. The van der Waals surface area contributed by atoms with Gasteiger partial charge in [0.2, 0.25) is 0 Å². The molecule has 1 saturated carbocycles. The van der Waals surface area contributed by atoms with Crippen molar-refractivity contribution >= 4 is 40.3 Å². The lowest BCUT2D eigenvalue weighted by Gasteiger charge is -2.22. The molecule has 6 nitrogen and oxygen atoms in total. The van der Waals surface area contributed by atoms with Crippen molar-refractivity contribution in [2.75, 3.05) is 31.7 Å². The van der Waals surface area contributed by atoms with Crippen molar-refractivity contribution in [1.29, 1.82) is 0 Å². The van der Waals surface area contributed by atoms with Crippen LogP contribution in [-0.2, 0) is 9.53 Å². The standard InChI is InChI=1S/C20H27N3O3S2/c1-4-9-23(11-14-7-8-14)16(24)12-26-20(25)17-13(2)21-18(22-19(17)27-3)15-6-5-10-28-15/h6,14H,4-5,7-12H2,1-3H3. The van der Waals surface area contributed by atoms with Crippen LogP contribution in [0.4, 0.5) is 0 Å². The number of esters is 1. The van der Waals surface area contributed by atoms with Gasteiger partial charge < -0.3 is 9.64 Å². The zero-order valence-corrected chi connectivity index (χ0v) is 18.3. The third kappa shape index (κ3) is 5.29. The second kappa shape index (κ2) is 9.78. The monoisotopic (exact) mass is 421 g/mol. The van der Waals surface area contributed by atoms with Gasteiger partial charge in [0.25, 0.3) is 5.91 Å². The van der Waals surface area contributed by atoms with Gasteiger partial charge in [-0.05, 0) is 44.8 Å². The topological polar surface area (TPSA) is 72.4 Å². The highest BCUT2D eigenvalue weighted by molar-refractivity contribution is 8.08. The SMILES string of the molecule is CCCN(CC1CC1)C(=O)COC(=O)c1c(C)nc(C2=CCCS2)nc1SC. The molecule has 0 N–H and O–H groups in total. The normalized spacial score (nSPS) is 16.0. The van der Waals surface area contributed by atoms with E-state index in [2.05, 4.69) is 16.0 Å². The Hall–Kier alpha value is -1.54. The number of amides is 1. The number of aromatic nitrogens is 2.